The lowest BCUT2D eigenvalue weighted by atomic mass is 10.1. The molecule has 8 heteroatoms. The van der Waals surface area contributed by atoms with Gasteiger partial charge in [-0.25, -0.2) is 14.5 Å². The van der Waals surface area contributed by atoms with Gasteiger partial charge in [-0.3, -0.25) is 10.1 Å². The van der Waals surface area contributed by atoms with Gasteiger partial charge in [0, 0.05) is 19.3 Å². The minimum Gasteiger partial charge on any atom is -0.321 e. The fourth-order valence-corrected chi connectivity index (χ4v) is 3.66. The first-order valence-electron chi connectivity index (χ1n) is 9.28. The second kappa shape index (κ2) is 6.47. The number of aromatic nitrogens is 2. The van der Waals surface area contributed by atoms with Crippen LogP contribution in [-0.2, 0) is 11.3 Å². The van der Waals surface area contributed by atoms with E-state index in [9.17, 15) is 9.59 Å². The molecule has 1 N–H and O–H groups in total. The molecule has 2 atom stereocenters. The Labute approximate surface area is 163 Å². The second-order valence-electron chi connectivity index (χ2n) is 7.51. The van der Waals surface area contributed by atoms with Gasteiger partial charge in [0.2, 0.25) is 5.96 Å². The average molecular weight is 380 g/mol. The van der Waals surface area contributed by atoms with E-state index in [0.717, 1.165) is 22.5 Å². The third-order valence-electron chi connectivity index (χ3n) is 5.65. The predicted molar refractivity (Wildman–Crippen MR) is 105 cm³/mol. The van der Waals surface area contributed by atoms with Crippen LogP contribution in [0.25, 0.3) is 0 Å². The highest BCUT2D eigenvalue weighted by Gasteiger charge is 2.49. The van der Waals surface area contributed by atoms with E-state index in [-0.39, 0.29) is 5.91 Å². The summed E-state index contributed by atoms with van der Waals surface area (Å²) < 4.78 is 1.78. The number of imide groups is 1. The third kappa shape index (κ3) is 2.76. The lowest BCUT2D eigenvalue weighted by Gasteiger charge is -2.36. The van der Waals surface area contributed by atoms with E-state index in [4.69, 9.17) is 4.99 Å². The van der Waals surface area contributed by atoms with Gasteiger partial charge in [0.1, 0.15) is 0 Å². The highest BCUT2D eigenvalue weighted by molar-refractivity contribution is 6.04. The van der Waals surface area contributed by atoms with Crippen LogP contribution >= 0.6 is 0 Å². The molecule has 8 nitrogen and oxygen atoms in total. The summed E-state index contributed by atoms with van der Waals surface area (Å²) in [5.41, 5.74) is 5.20. The maximum Gasteiger partial charge on any atom is 0.325 e. The van der Waals surface area contributed by atoms with Gasteiger partial charge in [0.15, 0.2) is 12.2 Å². The Bertz CT molecular complexity index is 991. The summed E-state index contributed by atoms with van der Waals surface area (Å²) in [5.74, 6) is 0.248. The molecule has 1 aromatic heterocycles. The molecule has 146 valence electrons. The number of hydrogen-bond donors (Lipinski definition) is 1. The van der Waals surface area contributed by atoms with Crippen LogP contribution in [0, 0.1) is 27.7 Å². The van der Waals surface area contributed by atoms with Crippen molar-refractivity contribution in [1.82, 2.24) is 24.9 Å². The molecule has 3 amide bonds. The number of benzene rings is 1. The number of aliphatic imine (C=N–C) groups is 1. The molecule has 2 aliphatic rings. The van der Waals surface area contributed by atoms with E-state index >= 15 is 0 Å². The van der Waals surface area contributed by atoms with Crippen LogP contribution in [0.3, 0.4) is 0 Å². The van der Waals surface area contributed by atoms with Crippen molar-refractivity contribution in [3.8, 4) is 0 Å². The number of fused-ring (bicyclic) bond motifs is 1. The van der Waals surface area contributed by atoms with Crippen molar-refractivity contribution in [3.05, 3.63) is 52.3 Å². The quantitative estimate of drug-likeness (QED) is 0.860. The lowest BCUT2D eigenvalue weighted by Crippen LogP contribution is -2.63. The molecule has 2 unspecified atom stereocenters. The molecule has 2 aromatic rings. The number of urea groups is 1. The summed E-state index contributed by atoms with van der Waals surface area (Å²) in [6.45, 7) is 8.49. The van der Waals surface area contributed by atoms with Crippen LogP contribution in [0.1, 0.15) is 28.1 Å². The zero-order valence-electron chi connectivity index (χ0n) is 16.7. The largest absolute Gasteiger partial charge is 0.325 e. The van der Waals surface area contributed by atoms with Crippen LogP contribution < -0.4 is 5.32 Å². The smallest absolute Gasteiger partial charge is 0.321 e. The van der Waals surface area contributed by atoms with Crippen molar-refractivity contribution in [3.63, 3.8) is 0 Å². The van der Waals surface area contributed by atoms with E-state index in [1.165, 1.54) is 10.5 Å². The highest BCUT2D eigenvalue weighted by Crippen LogP contribution is 2.27. The van der Waals surface area contributed by atoms with Gasteiger partial charge in [0.25, 0.3) is 5.91 Å². The standard InChI is InChI=1S/C20H24N6O2/c1-11-6-8-15(9-7-11)10-25-16-17(24(5)20(28)22-18(16)27)21-19(25)26-14(4)12(2)13(3)23-26/h6-9,16-17H,10H2,1-5H3,(H,22,27,28). The van der Waals surface area contributed by atoms with Gasteiger partial charge < -0.3 is 9.80 Å². The Morgan fingerprint density at radius 3 is 2.36 bits per heavy atom. The first kappa shape index (κ1) is 18.2. The number of aryl methyl sites for hydroxylation is 2. The molecule has 1 fully saturated rings. The van der Waals surface area contributed by atoms with Crippen LogP contribution in [0.2, 0.25) is 0 Å². The third-order valence-corrected chi connectivity index (χ3v) is 5.65. The fourth-order valence-electron chi connectivity index (χ4n) is 3.66. The Morgan fingerprint density at radius 1 is 1.07 bits per heavy atom. The molecule has 1 aromatic carbocycles. The topological polar surface area (TPSA) is 82.8 Å². The molecule has 2 aliphatic heterocycles. The summed E-state index contributed by atoms with van der Waals surface area (Å²) in [4.78, 5) is 33.0. The zero-order chi connectivity index (χ0) is 20.2. The normalized spacial score (nSPS) is 21.7. The SMILES string of the molecule is Cc1ccc(CN2C(n3nc(C)c(C)c3C)=NC3C2C(=O)NC(=O)N3C)cc1. The first-order valence-corrected chi connectivity index (χ1v) is 9.28. The monoisotopic (exact) mass is 380 g/mol. The fraction of sp³-hybridized carbons (Fsp3) is 0.400. The summed E-state index contributed by atoms with van der Waals surface area (Å²) in [6.07, 6.45) is -0.578. The van der Waals surface area contributed by atoms with Crippen molar-refractivity contribution in [2.75, 3.05) is 7.05 Å². The maximum absolute atomic E-state index is 12.7. The summed E-state index contributed by atoms with van der Waals surface area (Å²) in [7, 11) is 1.66. The number of carbonyl (C=O) groups excluding carboxylic acids is 2. The molecule has 28 heavy (non-hydrogen) atoms. The van der Waals surface area contributed by atoms with Crippen molar-refractivity contribution >= 4 is 17.9 Å². The Balaban J connectivity index is 1.80. The van der Waals surface area contributed by atoms with E-state index in [2.05, 4.69) is 10.4 Å². The molecule has 0 saturated carbocycles. The predicted octanol–water partition coefficient (Wildman–Crippen LogP) is 1.71. The minimum absolute atomic E-state index is 0.336. The Morgan fingerprint density at radius 2 is 1.75 bits per heavy atom. The number of rotatable bonds is 2. The summed E-state index contributed by atoms with van der Waals surface area (Å²) in [5, 5.41) is 7.07. The number of nitrogens with one attached hydrogen (secondary N) is 1. The average Bonchev–Trinajstić information content (AvgIpc) is 3.15. The van der Waals surface area contributed by atoms with Gasteiger partial charge in [-0.1, -0.05) is 29.8 Å². The molecule has 1 saturated heterocycles. The van der Waals surface area contributed by atoms with E-state index in [0.29, 0.717) is 12.5 Å². The molecule has 0 spiro atoms. The number of nitrogens with zero attached hydrogens (tertiary/aromatic N) is 5. The lowest BCUT2D eigenvalue weighted by molar-refractivity contribution is -0.127. The Kier molecular flexibility index (Phi) is 4.21. The molecular formula is C20H24N6O2. The molecule has 0 radical (unpaired) electrons. The maximum atomic E-state index is 12.7. The second-order valence-corrected chi connectivity index (χ2v) is 7.51. The molecule has 0 aliphatic carbocycles. The van der Waals surface area contributed by atoms with E-state index < -0.39 is 18.2 Å². The molecule has 4 rings (SSSR count). The van der Waals surface area contributed by atoms with Crippen molar-refractivity contribution in [1.29, 1.82) is 0 Å². The summed E-state index contributed by atoms with van der Waals surface area (Å²) >= 11 is 0. The summed E-state index contributed by atoms with van der Waals surface area (Å²) in [6, 6.07) is 7.15. The van der Waals surface area contributed by atoms with Gasteiger partial charge in [-0.2, -0.15) is 5.10 Å². The zero-order valence-corrected chi connectivity index (χ0v) is 16.7. The van der Waals surface area contributed by atoms with Crippen LogP contribution in [0.5, 0.6) is 0 Å². The number of carbonyl (C=O) groups is 2. The first-order chi connectivity index (χ1) is 13.3. The highest BCUT2D eigenvalue weighted by atomic mass is 16.2. The number of amides is 3. The van der Waals surface area contributed by atoms with E-state index in [1.807, 2.05) is 56.9 Å². The molecular weight excluding hydrogens is 356 g/mol. The van der Waals surface area contributed by atoms with Crippen LogP contribution in [-0.4, -0.2) is 56.7 Å². The van der Waals surface area contributed by atoms with Gasteiger partial charge in [-0.15, -0.1) is 0 Å². The molecule has 0 bridgehead atoms. The van der Waals surface area contributed by atoms with Gasteiger partial charge in [0.05, 0.1) is 5.69 Å². The van der Waals surface area contributed by atoms with Gasteiger partial charge in [-0.05, 0) is 38.8 Å². The minimum atomic E-state index is -0.594. The van der Waals surface area contributed by atoms with Crippen LogP contribution in [0.15, 0.2) is 29.3 Å². The van der Waals surface area contributed by atoms with Crippen molar-refractivity contribution in [2.24, 2.45) is 4.99 Å². The van der Waals surface area contributed by atoms with Crippen molar-refractivity contribution < 1.29 is 9.59 Å². The number of likely N-dealkylation sites (N-methyl/N-ethyl adjacent to an activating group) is 1. The van der Waals surface area contributed by atoms with Gasteiger partial charge >= 0.3 is 6.03 Å². The van der Waals surface area contributed by atoms with Crippen LogP contribution in [0.4, 0.5) is 4.79 Å². The Hall–Kier alpha value is -3.16. The van der Waals surface area contributed by atoms with E-state index in [1.54, 1.807) is 11.7 Å². The number of hydrogen-bond acceptors (Lipinski definition) is 5. The van der Waals surface area contributed by atoms with Crippen molar-refractivity contribution in [2.45, 2.75) is 46.4 Å². The molecule has 3 heterocycles.